The molecule has 26 heavy (non-hydrogen) atoms. The van der Waals surface area contributed by atoms with Crippen LogP contribution < -0.4 is 5.32 Å². The number of ketones is 1. The molecule has 0 saturated carbocycles. The van der Waals surface area contributed by atoms with Crippen LogP contribution >= 0.6 is 11.6 Å². The summed E-state index contributed by atoms with van der Waals surface area (Å²) in [6.07, 6.45) is 0.700. The molecule has 2 rings (SSSR count). The highest BCUT2D eigenvalue weighted by Crippen LogP contribution is 2.16. The van der Waals surface area contributed by atoms with Crippen LogP contribution in [0.3, 0.4) is 0 Å². The van der Waals surface area contributed by atoms with Crippen LogP contribution in [-0.4, -0.2) is 24.3 Å². The SMILES string of the molecule is CCc1ccccc1NC(=O)CCC(=O)OCC(=O)c1ccc(Cl)cc1. The van der Waals surface area contributed by atoms with Crippen LogP contribution in [0.5, 0.6) is 0 Å². The van der Waals surface area contributed by atoms with E-state index in [2.05, 4.69) is 5.32 Å². The van der Waals surface area contributed by atoms with E-state index in [1.807, 2.05) is 31.2 Å². The lowest BCUT2D eigenvalue weighted by Crippen LogP contribution is -2.17. The summed E-state index contributed by atoms with van der Waals surface area (Å²) in [7, 11) is 0. The minimum Gasteiger partial charge on any atom is -0.457 e. The van der Waals surface area contributed by atoms with Crippen molar-refractivity contribution in [1.82, 2.24) is 0 Å². The molecular weight excluding hydrogens is 354 g/mol. The highest BCUT2D eigenvalue weighted by Gasteiger charge is 2.12. The van der Waals surface area contributed by atoms with E-state index in [-0.39, 0.29) is 31.1 Å². The number of hydrogen-bond acceptors (Lipinski definition) is 4. The van der Waals surface area contributed by atoms with Crippen LogP contribution in [0, 0.1) is 0 Å². The molecule has 0 fully saturated rings. The summed E-state index contributed by atoms with van der Waals surface area (Å²) >= 11 is 5.76. The minimum atomic E-state index is -0.591. The second-order valence-corrected chi connectivity index (χ2v) is 6.09. The first-order valence-corrected chi connectivity index (χ1v) is 8.69. The van der Waals surface area contributed by atoms with Crippen molar-refractivity contribution in [3.8, 4) is 0 Å². The van der Waals surface area contributed by atoms with E-state index in [4.69, 9.17) is 16.3 Å². The van der Waals surface area contributed by atoms with Gasteiger partial charge in [-0.1, -0.05) is 36.7 Å². The zero-order valence-electron chi connectivity index (χ0n) is 14.5. The van der Waals surface area contributed by atoms with Gasteiger partial charge in [-0.3, -0.25) is 14.4 Å². The minimum absolute atomic E-state index is 0.00792. The van der Waals surface area contributed by atoms with Crippen molar-refractivity contribution in [2.45, 2.75) is 26.2 Å². The number of carbonyl (C=O) groups is 3. The maximum Gasteiger partial charge on any atom is 0.306 e. The molecular formula is C20H20ClNO4. The lowest BCUT2D eigenvalue weighted by molar-refractivity contribution is -0.143. The average Bonchev–Trinajstić information content (AvgIpc) is 2.65. The molecule has 2 aromatic carbocycles. The number of benzene rings is 2. The molecule has 2 aromatic rings. The first-order valence-electron chi connectivity index (χ1n) is 8.31. The zero-order chi connectivity index (χ0) is 18.9. The van der Waals surface area contributed by atoms with E-state index in [9.17, 15) is 14.4 Å². The number of carbonyl (C=O) groups excluding carboxylic acids is 3. The monoisotopic (exact) mass is 373 g/mol. The molecule has 0 unspecified atom stereocenters. The van der Waals surface area contributed by atoms with Crippen LogP contribution in [-0.2, 0) is 20.7 Å². The largest absolute Gasteiger partial charge is 0.457 e. The Morgan fingerprint density at radius 1 is 1.00 bits per heavy atom. The second kappa shape index (κ2) is 9.73. The van der Waals surface area contributed by atoms with Crippen molar-refractivity contribution in [3.05, 3.63) is 64.7 Å². The number of ether oxygens (including phenoxy) is 1. The fourth-order valence-corrected chi connectivity index (χ4v) is 2.44. The average molecular weight is 374 g/mol. The second-order valence-electron chi connectivity index (χ2n) is 5.65. The van der Waals surface area contributed by atoms with E-state index < -0.39 is 5.97 Å². The van der Waals surface area contributed by atoms with Crippen molar-refractivity contribution in [2.75, 3.05) is 11.9 Å². The number of nitrogens with one attached hydrogen (secondary N) is 1. The maximum absolute atomic E-state index is 12.0. The van der Waals surface area contributed by atoms with Crippen molar-refractivity contribution >= 4 is 34.9 Å². The summed E-state index contributed by atoms with van der Waals surface area (Å²) in [5.74, 6) is -1.19. The van der Waals surface area contributed by atoms with Crippen LogP contribution in [0.1, 0.15) is 35.7 Å². The van der Waals surface area contributed by atoms with Crippen molar-refractivity contribution in [1.29, 1.82) is 0 Å². The first kappa shape index (κ1) is 19.7. The summed E-state index contributed by atoms with van der Waals surface area (Å²) in [5.41, 5.74) is 2.18. The lowest BCUT2D eigenvalue weighted by Gasteiger charge is -2.09. The highest BCUT2D eigenvalue weighted by molar-refractivity contribution is 6.30. The molecule has 0 aliphatic carbocycles. The topological polar surface area (TPSA) is 72.5 Å². The number of hydrogen-bond donors (Lipinski definition) is 1. The summed E-state index contributed by atoms with van der Waals surface area (Å²) in [6, 6.07) is 13.8. The third-order valence-corrected chi connectivity index (χ3v) is 4.01. The Morgan fingerprint density at radius 3 is 2.38 bits per heavy atom. The molecule has 0 bridgehead atoms. The summed E-state index contributed by atoms with van der Waals surface area (Å²) < 4.78 is 4.93. The smallest absolute Gasteiger partial charge is 0.306 e. The molecule has 0 atom stereocenters. The van der Waals surface area contributed by atoms with Gasteiger partial charge in [-0.05, 0) is 42.3 Å². The molecule has 1 amide bonds. The van der Waals surface area contributed by atoms with E-state index in [1.54, 1.807) is 24.3 Å². The number of halogens is 1. The normalized spacial score (nSPS) is 10.2. The molecule has 136 valence electrons. The molecule has 0 radical (unpaired) electrons. The summed E-state index contributed by atoms with van der Waals surface area (Å²) in [5, 5.41) is 3.31. The van der Waals surface area contributed by atoms with Crippen LogP contribution in [0.4, 0.5) is 5.69 Å². The molecule has 0 aliphatic rings. The predicted octanol–water partition coefficient (Wildman–Crippen LogP) is 4.05. The molecule has 0 spiro atoms. The Hall–Kier alpha value is -2.66. The predicted molar refractivity (Wildman–Crippen MR) is 100 cm³/mol. The number of para-hydroxylation sites is 1. The van der Waals surface area contributed by atoms with Crippen LogP contribution in [0.25, 0.3) is 0 Å². The van der Waals surface area contributed by atoms with Gasteiger partial charge in [0.25, 0.3) is 0 Å². The van der Waals surface area contributed by atoms with Gasteiger partial charge in [-0.2, -0.15) is 0 Å². The van der Waals surface area contributed by atoms with Gasteiger partial charge < -0.3 is 10.1 Å². The number of rotatable bonds is 8. The quantitative estimate of drug-likeness (QED) is 0.559. The fourth-order valence-electron chi connectivity index (χ4n) is 2.32. The molecule has 1 N–H and O–H groups in total. The molecule has 6 heteroatoms. The number of amides is 1. The standard InChI is InChI=1S/C20H20ClNO4/c1-2-14-5-3-4-6-17(14)22-19(24)11-12-20(25)26-13-18(23)15-7-9-16(21)10-8-15/h3-10H,2,11-13H2,1H3,(H,22,24). The van der Waals surface area contributed by atoms with Gasteiger partial charge in [-0.25, -0.2) is 0 Å². The number of esters is 1. The van der Waals surface area contributed by atoms with E-state index >= 15 is 0 Å². The van der Waals surface area contributed by atoms with Crippen LogP contribution in [0.2, 0.25) is 5.02 Å². The van der Waals surface area contributed by atoms with E-state index in [0.717, 1.165) is 17.7 Å². The van der Waals surface area contributed by atoms with Gasteiger partial charge in [0.05, 0.1) is 6.42 Å². The van der Waals surface area contributed by atoms with Crippen molar-refractivity contribution in [2.24, 2.45) is 0 Å². The van der Waals surface area contributed by atoms with Gasteiger partial charge in [0.1, 0.15) is 0 Å². The molecule has 5 nitrogen and oxygen atoms in total. The number of aryl methyl sites for hydroxylation is 1. The van der Waals surface area contributed by atoms with Gasteiger partial charge in [0, 0.05) is 22.7 Å². The molecule has 0 heterocycles. The first-order chi connectivity index (χ1) is 12.5. The maximum atomic E-state index is 12.0. The number of anilines is 1. The highest BCUT2D eigenvalue weighted by atomic mass is 35.5. The van der Waals surface area contributed by atoms with Gasteiger partial charge in [-0.15, -0.1) is 0 Å². The molecule has 0 saturated heterocycles. The Bertz CT molecular complexity index is 787. The van der Waals surface area contributed by atoms with Gasteiger partial charge >= 0.3 is 5.97 Å². The van der Waals surface area contributed by atoms with Crippen molar-refractivity contribution < 1.29 is 19.1 Å². The van der Waals surface area contributed by atoms with E-state index in [1.165, 1.54) is 0 Å². The Morgan fingerprint density at radius 2 is 1.69 bits per heavy atom. The molecule has 0 aromatic heterocycles. The van der Waals surface area contributed by atoms with Gasteiger partial charge in [0.15, 0.2) is 12.4 Å². The summed E-state index contributed by atoms with van der Waals surface area (Å²) in [4.78, 5) is 35.6. The molecule has 0 aliphatic heterocycles. The van der Waals surface area contributed by atoms with Crippen molar-refractivity contribution in [3.63, 3.8) is 0 Å². The Labute approximate surface area is 157 Å². The Balaban J connectivity index is 1.75. The third-order valence-electron chi connectivity index (χ3n) is 3.76. The fraction of sp³-hybridized carbons (Fsp3) is 0.250. The Kier molecular flexibility index (Phi) is 7.36. The zero-order valence-corrected chi connectivity index (χ0v) is 15.2. The third kappa shape index (κ3) is 6.01. The van der Waals surface area contributed by atoms with Crippen LogP contribution in [0.15, 0.2) is 48.5 Å². The number of Topliss-reactive ketones (excluding diaryl/α,β-unsaturated/α-hetero) is 1. The van der Waals surface area contributed by atoms with Gasteiger partial charge in [0.2, 0.25) is 5.91 Å². The van der Waals surface area contributed by atoms with E-state index in [0.29, 0.717) is 10.6 Å². The lowest BCUT2D eigenvalue weighted by atomic mass is 10.1. The summed E-state index contributed by atoms with van der Waals surface area (Å²) in [6.45, 7) is 1.64.